The molecule has 1 saturated heterocycles. The molecule has 1 aromatic heterocycles. The van der Waals surface area contributed by atoms with Gasteiger partial charge in [0.1, 0.15) is 0 Å². The highest BCUT2D eigenvalue weighted by molar-refractivity contribution is 5.78. The third-order valence-electron chi connectivity index (χ3n) is 6.18. The van der Waals surface area contributed by atoms with E-state index in [1.54, 1.807) is 23.1 Å². The number of fused-ring (bicyclic) bond motifs is 1. The van der Waals surface area contributed by atoms with E-state index in [0.717, 1.165) is 5.56 Å². The molecule has 1 amide bonds. The summed E-state index contributed by atoms with van der Waals surface area (Å²) in [5, 5.41) is 20.5. The van der Waals surface area contributed by atoms with E-state index in [9.17, 15) is 14.7 Å². The zero-order valence-corrected chi connectivity index (χ0v) is 18.1. The third kappa shape index (κ3) is 4.71. The average Bonchev–Trinajstić information content (AvgIpc) is 2.79. The number of amides is 1. The summed E-state index contributed by atoms with van der Waals surface area (Å²) < 4.78 is 1.42. The van der Waals surface area contributed by atoms with Gasteiger partial charge in [0.15, 0.2) is 0 Å². The first-order chi connectivity index (χ1) is 15.4. The van der Waals surface area contributed by atoms with Crippen LogP contribution >= 0.6 is 0 Å². The highest BCUT2D eigenvalue weighted by Gasteiger charge is 2.34. The van der Waals surface area contributed by atoms with Crippen LogP contribution in [0.4, 0.5) is 0 Å². The molecule has 7 nitrogen and oxygen atoms in total. The van der Waals surface area contributed by atoms with Gasteiger partial charge in [0.05, 0.1) is 41.0 Å². The van der Waals surface area contributed by atoms with Crippen LogP contribution in [0.3, 0.4) is 0 Å². The van der Waals surface area contributed by atoms with E-state index in [2.05, 4.69) is 11.1 Å². The smallest absolute Gasteiger partial charge is 0.261 e. The Morgan fingerprint density at radius 1 is 1.22 bits per heavy atom. The van der Waals surface area contributed by atoms with Crippen molar-refractivity contribution in [3.05, 3.63) is 75.8 Å². The maximum atomic E-state index is 12.8. The van der Waals surface area contributed by atoms with Crippen molar-refractivity contribution in [2.24, 2.45) is 0 Å². The summed E-state index contributed by atoms with van der Waals surface area (Å²) in [6.45, 7) is 3.09. The van der Waals surface area contributed by atoms with Crippen LogP contribution in [-0.2, 0) is 17.8 Å². The van der Waals surface area contributed by atoms with Gasteiger partial charge in [-0.1, -0.05) is 29.8 Å². The number of likely N-dealkylation sites (tertiary alicyclic amines) is 1. The van der Waals surface area contributed by atoms with Crippen molar-refractivity contribution >= 4 is 16.8 Å². The lowest BCUT2D eigenvalue weighted by atomic mass is 9.91. The number of hydrogen-bond donors (Lipinski definition) is 1. The number of piperidine rings is 1. The maximum absolute atomic E-state index is 12.8. The van der Waals surface area contributed by atoms with Crippen molar-refractivity contribution in [2.45, 2.75) is 44.8 Å². The first kappa shape index (κ1) is 21.7. The second-order valence-electron chi connectivity index (χ2n) is 8.62. The molecule has 0 spiro atoms. The fourth-order valence-electron chi connectivity index (χ4n) is 4.27. The molecule has 0 atom stereocenters. The molecule has 0 aliphatic carbocycles. The summed E-state index contributed by atoms with van der Waals surface area (Å²) in [6, 6.07) is 15.0. The van der Waals surface area contributed by atoms with Crippen LogP contribution in [0.5, 0.6) is 0 Å². The second kappa shape index (κ2) is 8.93. The van der Waals surface area contributed by atoms with Crippen molar-refractivity contribution in [1.82, 2.24) is 14.5 Å². The highest BCUT2D eigenvalue weighted by atomic mass is 16.3. The van der Waals surface area contributed by atoms with Gasteiger partial charge in [0, 0.05) is 19.5 Å². The molecule has 1 N–H and O–H groups in total. The minimum atomic E-state index is -1.07. The second-order valence-corrected chi connectivity index (χ2v) is 8.62. The Labute approximate surface area is 186 Å². The van der Waals surface area contributed by atoms with Crippen molar-refractivity contribution in [1.29, 1.82) is 5.26 Å². The number of carbonyl (C=O) groups is 1. The van der Waals surface area contributed by atoms with Crippen LogP contribution in [0.15, 0.2) is 53.6 Å². The van der Waals surface area contributed by atoms with Gasteiger partial charge in [-0.2, -0.15) is 5.26 Å². The molecule has 4 rings (SSSR count). The summed E-state index contributed by atoms with van der Waals surface area (Å²) in [5.74, 6) is 0.0893. The number of rotatable bonds is 5. The molecule has 0 unspecified atom stereocenters. The van der Waals surface area contributed by atoms with Gasteiger partial charge in [-0.15, -0.1) is 0 Å². The van der Waals surface area contributed by atoms with Crippen molar-refractivity contribution in [3.8, 4) is 6.07 Å². The van der Waals surface area contributed by atoms with E-state index >= 15 is 0 Å². The maximum Gasteiger partial charge on any atom is 0.261 e. The summed E-state index contributed by atoms with van der Waals surface area (Å²) in [7, 11) is 0. The van der Waals surface area contributed by atoms with E-state index in [0.29, 0.717) is 55.2 Å². The van der Waals surface area contributed by atoms with Gasteiger partial charge < -0.3 is 10.0 Å². The molecular weight excluding hydrogens is 404 g/mol. The van der Waals surface area contributed by atoms with Crippen LogP contribution in [0.1, 0.15) is 36.0 Å². The number of aliphatic hydroxyl groups is 1. The summed E-state index contributed by atoms with van der Waals surface area (Å²) in [5.41, 5.74) is 1.92. The zero-order valence-electron chi connectivity index (χ0n) is 18.1. The number of aromatic nitrogens is 2. The number of nitriles is 1. The highest BCUT2D eigenvalue weighted by Crippen LogP contribution is 2.25. The van der Waals surface area contributed by atoms with E-state index in [1.165, 1.54) is 16.5 Å². The van der Waals surface area contributed by atoms with Crippen molar-refractivity contribution in [3.63, 3.8) is 0 Å². The molecular formula is C25H26N4O3. The average molecular weight is 431 g/mol. The lowest BCUT2D eigenvalue weighted by molar-refractivity contribution is -0.135. The molecule has 2 heterocycles. The monoisotopic (exact) mass is 430 g/mol. The van der Waals surface area contributed by atoms with Gasteiger partial charge in [0.2, 0.25) is 5.91 Å². The fourth-order valence-corrected chi connectivity index (χ4v) is 4.27. The fraction of sp³-hybridized carbons (Fsp3) is 0.360. The van der Waals surface area contributed by atoms with Gasteiger partial charge in [-0.3, -0.25) is 14.2 Å². The lowest BCUT2D eigenvalue weighted by Gasteiger charge is -2.38. The molecule has 7 heteroatoms. The number of hydrogen-bond acceptors (Lipinski definition) is 5. The third-order valence-corrected chi connectivity index (χ3v) is 6.18. The van der Waals surface area contributed by atoms with Crippen molar-refractivity contribution in [2.75, 3.05) is 13.1 Å². The molecule has 32 heavy (non-hydrogen) atoms. The van der Waals surface area contributed by atoms with E-state index in [-0.39, 0.29) is 18.0 Å². The number of benzene rings is 2. The minimum absolute atomic E-state index is 0.0893. The molecule has 2 aromatic carbocycles. The molecule has 0 bridgehead atoms. The molecule has 1 aliphatic heterocycles. The standard InChI is InChI=1S/C25H26N4O3/c1-18-3-2-4-19(13-18)6-8-23(30)28-11-9-25(32,10-12-28)16-29-17-27-22-14-20(15-26)5-7-21(22)24(29)31/h2-5,7,13-14,17,32H,6,8-12,16H2,1H3. The lowest BCUT2D eigenvalue weighted by Crippen LogP contribution is -2.49. The predicted octanol–water partition coefficient (Wildman–Crippen LogP) is 2.56. The van der Waals surface area contributed by atoms with E-state index in [1.807, 2.05) is 31.2 Å². The summed E-state index contributed by atoms with van der Waals surface area (Å²) in [4.78, 5) is 31.5. The number of nitrogens with zero attached hydrogens (tertiary/aromatic N) is 4. The number of carbonyl (C=O) groups excluding carboxylic acids is 1. The Kier molecular flexibility index (Phi) is 6.06. The largest absolute Gasteiger partial charge is 0.388 e. The van der Waals surface area contributed by atoms with Crippen LogP contribution in [0.25, 0.3) is 10.9 Å². The van der Waals surface area contributed by atoms with Crippen LogP contribution in [0.2, 0.25) is 0 Å². The van der Waals surface area contributed by atoms with Crippen molar-refractivity contribution < 1.29 is 9.90 Å². The zero-order chi connectivity index (χ0) is 22.7. The topological polar surface area (TPSA) is 99.2 Å². The Hall–Kier alpha value is -3.50. The van der Waals surface area contributed by atoms with Gasteiger partial charge in [-0.05, 0) is 49.9 Å². The molecule has 0 radical (unpaired) electrons. The first-order valence-electron chi connectivity index (χ1n) is 10.8. The normalized spacial score (nSPS) is 15.5. The predicted molar refractivity (Wildman–Crippen MR) is 121 cm³/mol. The van der Waals surface area contributed by atoms with Crippen LogP contribution in [-0.4, -0.2) is 44.2 Å². The summed E-state index contributed by atoms with van der Waals surface area (Å²) in [6.07, 6.45) is 3.37. The SMILES string of the molecule is Cc1cccc(CCC(=O)N2CCC(O)(Cn3cnc4cc(C#N)ccc4c3=O)CC2)c1. The Bertz CT molecular complexity index is 1250. The van der Waals surface area contributed by atoms with Gasteiger partial charge in [-0.25, -0.2) is 4.98 Å². The Morgan fingerprint density at radius 2 is 2.00 bits per heavy atom. The first-order valence-corrected chi connectivity index (χ1v) is 10.8. The van der Waals surface area contributed by atoms with E-state index < -0.39 is 5.60 Å². The molecule has 1 fully saturated rings. The minimum Gasteiger partial charge on any atom is -0.388 e. The Morgan fingerprint density at radius 3 is 2.72 bits per heavy atom. The molecule has 3 aromatic rings. The van der Waals surface area contributed by atoms with Crippen LogP contribution < -0.4 is 5.56 Å². The van der Waals surface area contributed by atoms with Gasteiger partial charge in [0.25, 0.3) is 5.56 Å². The summed E-state index contributed by atoms with van der Waals surface area (Å²) >= 11 is 0. The molecule has 1 aliphatic rings. The molecule has 164 valence electrons. The molecule has 0 saturated carbocycles. The Balaban J connectivity index is 1.37. The number of aryl methyl sites for hydroxylation is 2. The quantitative estimate of drug-likeness (QED) is 0.671. The van der Waals surface area contributed by atoms with E-state index in [4.69, 9.17) is 5.26 Å². The van der Waals surface area contributed by atoms with Gasteiger partial charge >= 0.3 is 0 Å². The van der Waals surface area contributed by atoms with Crippen LogP contribution in [0, 0.1) is 18.3 Å².